The normalized spacial score (nSPS) is 23.5. The molecule has 4 atom stereocenters. The Morgan fingerprint density at radius 3 is 2.20 bits per heavy atom. The number of amides is 3. The van der Waals surface area contributed by atoms with Gasteiger partial charge >= 0.3 is 5.97 Å². The van der Waals surface area contributed by atoms with E-state index in [1.807, 2.05) is 0 Å². The maximum atomic E-state index is 12.8. The summed E-state index contributed by atoms with van der Waals surface area (Å²) < 4.78 is 4.99. The van der Waals surface area contributed by atoms with Crippen LogP contribution < -0.4 is 10.2 Å². The summed E-state index contributed by atoms with van der Waals surface area (Å²) in [5, 5.41) is 12.5. The molecule has 1 N–H and O–H groups in total. The van der Waals surface area contributed by atoms with Crippen molar-refractivity contribution in [2.45, 2.75) is 23.6 Å². The number of nitrogens with zero attached hydrogens (tertiary/aromatic N) is 2. The lowest BCUT2D eigenvalue weighted by molar-refractivity contribution is -0.384. The minimum Gasteiger partial charge on any atom is -0.452 e. The zero-order valence-electron chi connectivity index (χ0n) is 18.1. The summed E-state index contributed by atoms with van der Waals surface area (Å²) in [6.07, 6.45) is 0.647. The highest BCUT2D eigenvalue weighted by molar-refractivity contribution is 6.31. The van der Waals surface area contributed by atoms with Crippen LogP contribution in [0.15, 0.2) is 48.5 Å². The molecule has 2 fully saturated rings. The number of benzene rings is 2. The molecule has 0 radical (unpaired) electrons. The maximum absolute atomic E-state index is 12.8. The Bertz CT molecular complexity index is 1180. The van der Waals surface area contributed by atoms with Gasteiger partial charge in [-0.25, -0.2) is 4.79 Å². The minimum atomic E-state index is -0.798. The van der Waals surface area contributed by atoms with Crippen LogP contribution in [-0.4, -0.2) is 46.0 Å². The van der Waals surface area contributed by atoms with Crippen LogP contribution in [-0.2, 0) is 19.1 Å². The van der Waals surface area contributed by atoms with E-state index in [2.05, 4.69) is 5.32 Å². The number of rotatable bonds is 6. The van der Waals surface area contributed by atoms with Gasteiger partial charge < -0.3 is 10.1 Å². The summed E-state index contributed by atoms with van der Waals surface area (Å²) in [5.74, 6) is -3.21. The van der Waals surface area contributed by atoms with Gasteiger partial charge in [0.2, 0.25) is 11.8 Å². The summed E-state index contributed by atoms with van der Waals surface area (Å²) in [7, 11) is 0. The number of non-ortho nitro benzene ring substituents is 1. The van der Waals surface area contributed by atoms with Crippen molar-refractivity contribution < 1.29 is 28.8 Å². The quantitative estimate of drug-likeness (QED) is 0.202. The van der Waals surface area contributed by atoms with Crippen molar-refractivity contribution in [1.29, 1.82) is 0 Å². The van der Waals surface area contributed by atoms with E-state index in [1.54, 1.807) is 0 Å². The topological polar surface area (TPSA) is 136 Å². The fourth-order valence-corrected chi connectivity index (χ4v) is 4.79. The Labute approximate surface area is 209 Å². The minimum absolute atomic E-state index is 0.107. The molecule has 1 aliphatic carbocycles. The number of nitro benzene ring substituents is 1. The number of hydrogen-bond donors (Lipinski definition) is 1. The van der Waals surface area contributed by atoms with Crippen LogP contribution in [0.5, 0.6) is 0 Å². The van der Waals surface area contributed by atoms with Crippen LogP contribution in [0.4, 0.5) is 17.1 Å². The maximum Gasteiger partial charge on any atom is 0.338 e. The fourth-order valence-electron chi connectivity index (χ4n) is 4.20. The van der Waals surface area contributed by atoms with E-state index in [1.165, 1.54) is 48.5 Å². The summed E-state index contributed by atoms with van der Waals surface area (Å²) in [6.45, 7) is -0.616. The molecule has 1 heterocycles. The molecule has 2 aliphatic rings. The molecular formula is C23H19Cl2N3O7. The van der Waals surface area contributed by atoms with E-state index < -0.39 is 35.2 Å². The van der Waals surface area contributed by atoms with Crippen LogP contribution in [0.2, 0.25) is 0 Å². The van der Waals surface area contributed by atoms with Crippen molar-refractivity contribution in [3.05, 3.63) is 64.2 Å². The molecule has 3 amide bonds. The van der Waals surface area contributed by atoms with Gasteiger partial charge in [0.05, 0.1) is 38.8 Å². The SMILES string of the molecule is O=C(COC(=O)c1ccc(N2C(=O)[C@@H]3C[C@@H](Cl)[C@@H](Cl)C[C@H]3C2=O)cc1)Nc1cccc([N+](=O)[O-])c1. The third kappa shape index (κ3) is 5.13. The van der Waals surface area contributed by atoms with Crippen molar-refractivity contribution >= 4 is 64.0 Å². The van der Waals surface area contributed by atoms with E-state index in [-0.39, 0.29) is 39.5 Å². The number of alkyl halides is 2. The number of esters is 1. The number of nitro groups is 1. The summed E-state index contributed by atoms with van der Waals surface area (Å²) in [4.78, 5) is 61.3. The van der Waals surface area contributed by atoms with Crippen molar-refractivity contribution in [2.24, 2.45) is 11.8 Å². The highest BCUT2D eigenvalue weighted by Gasteiger charge is 2.52. The van der Waals surface area contributed by atoms with Gasteiger partial charge in [-0.2, -0.15) is 0 Å². The van der Waals surface area contributed by atoms with E-state index in [4.69, 9.17) is 27.9 Å². The largest absolute Gasteiger partial charge is 0.452 e. The molecular weight excluding hydrogens is 501 g/mol. The Morgan fingerprint density at radius 2 is 1.63 bits per heavy atom. The number of ether oxygens (including phenoxy) is 1. The van der Waals surface area contributed by atoms with Gasteiger partial charge in [-0.1, -0.05) is 6.07 Å². The lowest BCUT2D eigenvalue weighted by Gasteiger charge is -2.28. The third-order valence-corrected chi connectivity index (χ3v) is 7.04. The molecule has 4 rings (SSSR count). The first-order valence-corrected chi connectivity index (χ1v) is 11.5. The summed E-state index contributed by atoms with van der Waals surface area (Å²) in [6, 6.07) is 11.0. The standard InChI is InChI=1S/C23H19Cl2N3O7/c24-18-9-16-17(10-19(18)25)22(31)27(21(16)30)14-6-4-12(5-7-14)23(32)35-11-20(29)26-13-2-1-3-15(8-13)28(33)34/h1-8,16-19H,9-11H2,(H,26,29)/t16-,17-,18-,19+/m1/s1. The Balaban J connectivity index is 1.36. The summed E-state index contributed by atoms with van der Waals surface area (Å²) in [5.41, 5.74) is 0.409. The molecule has 1 saturated heterocycles. The first-order chi connectivity index (χ1) is 16.7. The monoisotopic (exact) mass is 519 g/mol. The predicted octanol–water partition coefficient (Wildman–Crippen LogP) is 3.50. The van der Waals surface area contributed by atoms with Gasteiger partial charge in [0, 0.05) is 17.8 Å². The molecule has 10 nitrogen and oxygen atoms in total. The number of hydrogen-bond acceptors (Lipinski definition) is 7. The molecule has 1 saturated carbocycles. The molecule has 182 valence electrons. The van der Waals surface area contributed by atoms with Crippen LogP contribution in [0.25, 0.3) is 0 Å². The molecule has 1 aliphatic heterocycles. The average Bonchev–Trinajstić information content (AvgIpc) is 3.07. The molecule has 0 unspecified atom stereocenters. The first kappa shape index (κ1) is 24.6. The first-order valence-electron chi connectivity index (χ1n) is 10.6. The lowest BCUT2D eigenvalue weighted by Crippen LogP contribution is -2.34. The number of carbonyl (C=O) groups is 4. The molecule has 2 aromatic carbocycles. The van der Waals surface area contributed by atoms with Gasteiger partial charge in [-0.3, -0.25) is 29.4 Å². The van der Waals surface area contributed by atoms with Crippen molar-refractivity contribution in [1.82, 2.24) is 0 Å². The van der Waals surface area contributed by atoms with E-state index in [9.17, 15) is 29.3 Å². The predicted molar refractivity (Wildman–Crippen MR) is 126 cm³/mol. The van der Waals surface area contributed by atoms with Crippen molar-refractivity contribution in [3.63, 3.8) is 0 Å². The van der Waals surface area contributed by atoms with Crippen molar-refractivity contribution in [2.75, 3.05) is 16.8 Å². The molecule has 0 bridgehead atoms. The number of nitrogens with one attached hydrogen (secondary N) is 1. The van der Waals surface area contributed by atoms with Gasteiger partial charge in [-0.05, 0) is 43.2 Å². The fraction of sp³-hybridized carbons (Fsp3) is 0.304. The smallest absolute Gasteiger partial charge is 0.338 e. The van der Waals surface area contributed by atoms with Crippen molar-refractivity contribution in [3.8, 4) is 0 Å². The number of fused-ring (bicyclic) bond motifs is 1. The number of anilines is 2. The Morgan fingerprint density at radius 1 is 1.03 bits per heavy atom. The van der Waals surface area contributed by atoms with Gasteiger partial charge in [0.1, 0.15) is 0 Å². The van der Waals surface area contributed by atoms with E-state index in [0.717, 1.165) is 4.90 Å². The van der Waals surface area contributed by atoms with Crippen LogP contribution in [0.3, 0.4) is 0 Å². The second-order valence-corrected chi connectivity index (χ2v) is 9.33. The zero-order chi connectivity index (χ0) is 25.3. The molecule has 0 spiro atoms. The number of imide groups is 1. The molecule has 35 heavy (non-hydrogen) atoms. The second kappa shape index (κ2) is 10.0. The zero-order valence-corrected chi connectivity index (χ0v) is 19.6. The number of carbonyl (C=O) groups excluding carboxylic acids is 4. The summed E-state index contributed by atoms with van der Waals surface area (Å²) >= 11 is 12.4. The van der Waals surface area contributed by atoms with Crippen LogP contribution in [0.1, 0.15) is 23.2 Å². The van der Waals surface area contributed by atoms with Gasteiger partial charge in [0.15, 0.2) is 6.61 Å². The molecule has 0 aromatic heterocycles. The Hall–Kier alpha value is -3.50. The lowest BCUT2D eigenvalue weighted by atomic mass is 9.80. The third-order valence-electron chi connectivity index (χ3n) is 5.95. The van der Waals surface area contributed by atoms with Crippen LogP contribution in [0, 0.1) is 22.0 Å². The second-order valence-electron chi connectivity index (χ2n) is 8.21. The molecule has 2 aromatic rings. The highest BCUT2D eigenvalue weighted by Crippen LogP contribution is 2.43. The van der Waals surface area contributed by atoms with Crippen LogP contribution >= 0.6 is 23.2 Å². The van der Waals surface area contributed by atoms with Gasteiger partial charge in [-0.15, -0.1) is 23.2 Å². The highest BCUT2D eigenvalue weighted by atomic mass is 35.5. The van der Waals surface area contributed by atoms with E-state index in [0.29, 0.717) is 18.5 Å². The van der Waals surface area contributed by atoms with Gasteiger partial charge in [0.25, 0.3) is 11.6 Å². The van der Waals surface area contributed by atoms with E-state index >= 15 is 0 Å². The molecule has 12 heteroatoms. The Kier molecular flexibility index (Phi) is 7.04. The number of halogens is 2. The average molecular weight is 520 g/mol.